The number of halogens is 2. The molecule has 1 aromatic rings. The van der Waals surface area contributed by atoms with Gasteiger partial charge in [-0.25, -0.2) is 9.38 Å². The van der Waals surface area contributed by atoms with Gasteiger partial charge in [-0.15, -0.1) is 24.0 Å². The lowest BCUT2D eigenvalue weighted by Crippen LogP contribution is -2.39. The van der Waals surface area contributed by atoms with Gasteiger partial charge in [-0.05, 0) is 37.5 Å². The fraction of sp³-hybridized carbons (Fsp3) is 0.529. The van der Waals surface area contributed by atoms with Gasteiger partial charge in [-0.2, -0.15) is 0 Å². The van der Waals surface area contributed by atoms with E-state index >= 15 is 0 Å². The number of hydrogen-bond acceptors (Lipinski definition) is 2. The van der Waals surface area contributed by atoms with Crippen LogP contribution in [0.15, 0.2) is 23.2 Å². The van der Waals surface area contributed by atoms with E-state index < -0.39 is 0 Å². The molecule has 0 aliphatic rings. The fourth-order valence-electron chi connectivity index (χ4n) is 1.89. The maximum Gasteiger partial charge on any atom is 0.221 e. The Labute approximate surface area is 160 Å². The molecule has 0 saturated heterocycles. The number of rotatable bonds is 8. The summed E-state index contributed by atoms with van der Waals surface area (Å²) in [5.41, 5.74) is 1.44. The number of benzene rings is 1. The smallest absolute Gasteiger partial charge is 0.221 e. The Balaban J connectivity index is 0.00000529. The summed E-state index contributed by atoms with van der Waals surface area (Å²) >= 11 is 0. The van der Waals surface area contributed by atoms with Gasteiger partial charge in [-0.1, -0.05) is 19.1 Å². The Kier molecular flexibility index (Phi) is 12.2. The summed E-state index contributed by atoms with van der Waals surface area (Å²) in [6, 6.07) is 5.11. The van der Waals surface area contributed by atoms with E-state index in [1.165, 1.54) is 6.07 Å². The van der Waals surface area contributed by atoms with Crippen LogP contribution in [0, 0.1) is 12.7 Å². The maximum absolute atomic E-state index is 13.5. The van der Waals surface area contributed by atoms with Crippen molar-refractivity contribution in [3.05, 3.63) is 35.1 Å². The van der Waals surface area contributed by atoms with E-state index in [1.54, 1.807) is 13.0 Å². The number of hydrogen-bond donors (Lipinski definition) is 3. The lowest BCUT2D eigenvalue weighted by Gasteiger charge is -2.11. The molecule has 7 heteroatoms. The highest BCUT2D eigenvalue weighted by atomic mass is 127. The zero-order valence-corrected chi connectivity index (χ0v) is 16.9. The molecule has 0 spiro atoms. The van der Waals surface area contributed by atoms with Gasteiger partial charge >= 0.3 is 0 Å². The van der Waals surface area contributed by atoms with E-state index in [2.05, 4.69) is 20.9 Å². The van der Waals surface area contributed by atoms with E-state index in [0.717, 1.165) is 18.5 Å². The number of carbonyl (C=O) groups is 1. The summed E-state index contributed by atoms with van der Waals surface area (Å²) in [6.45, 7) is 8.02. The van der Waals surface area contributed by atoms with Gasteiger partial charge in [0.1, 0.15) is 5.82 Å². The number of nitrogens with one attached hydrogen (secondary N) is 3. The summed E-state index contributed by atoms with van der Waals surface area (Å²) in [7, 11) is 0. The lowest BCUT2D eigenvalue weighted by molar-refractivity contribution is -0.120. The number of amides is 1. The van der Waals surface area contributed by atoms with Crippen molar-refractivity contribution in [2.45, 2.75) is 40.2 Å². The normalized spacial score (nSPS) is 10.8. The van der Waals surface area contributed by atoms with Crippen molar-refractivity contribution in [3.8, 4) is 0 Å². The Morgan fingerprint density at radius 2 is 1.92 bits per heavy atom. The number of aliphatic imine (C=N–C) groups is 1. The van der Waals surface area contributed by atoms with Crippen LogP contribution in [0.25, 0.3) is 0 Å². The molecule has 0 radical (unpaired) electrons. The number of guanidine groups is 1. The van der Waals surface area contributed by atoms with Crippen LogP contribution in [0.2, 0.25) is 0 Å². The van der Waals surface area contributed by atoms with Crippen molar-refractivity contribution in [1.29, 1.82) is 0 Å². The molecular weight excluding hydrogens is 422 g/mol. The van der Waals surface area contributed by atoms with Crippen molar-refractivity contribution in [2.24, 2.45) is 4.99 Å². The minimum atomic E-state index is -0.219. The molecule has 1 amide bonds. The molecule has 0 bridgehead atoms. The van der Waals surface area contributed by atoms with Gasteiger partial charge in [0, 0.05) is 26.1 Å². The molecule has 1 aromatic carbocycles. The van der Waals surface area contributed by atoms with Crippen LogP contribution in [-0.2, 0) is 11.3 Å². The molecule has 1 rings (SSSR count). The molecule has 3 N–H and O–H groups in total. The monoisotopic (exact) mass is 450 g/mol. The summed E-state index contributed by atoms with van der Waals surface area (Å²) in [4.78, 5) is 15.9. The number of nitrogens with zero attached hydrogens (tertiary/aromatic N) is 1. The van der Waals surface area contributed by atoms with E-state index in [4.69, 9.17) is 0 Å². The summed E-state index contributed by atoms with van der Waals surface area (Å²) in [6.07, 6.45) is 1.32. The van der Waals surface area contributed by atoms with Crippen molar-refractivity contribution < 1.29 is 9.18 Å². The third-order valence-electron chi connectivity index (χ3n) is 3.22. The number of carbonyl (C=O) groups excluding carboxylic acids is 1. The zero-order chi connectivity index (χ0) is 17.1. The third-order valence-corrected chi connectivity index (χ3v) is 3.22. The zero-order valence-electron chi connectivity index (χ0n) is 14.6. The van der Waals surface area contributed by atoms with E-state index in [1.807, 2.05) is 19.9 Å². The Bertz CT molecular complexity index is 537. The van der Waals surface area contributed by atoms with Crippen LogP contribution < -0.4 is 16.0 Å². The van der Waals surface area contributed by atoms with Gasteiger partial charge < -0.3 is 16.0 Å². The minimum absolute atomic E-state index is 0. The maximum atomic E-state index is 13.5. The fourth-order valence-corrected chi connectivity index (χ4v) is 1.89. The standard InChI is InChI=1S/C17H27FN4O.HI/c1-4-9-20-16(23)8-10-21-17(19-5-2)22-12-14-7-6-13(3)15(18)11-14;/h6-7,11H,4-5,8-10,12H2,1-3H3,(H,20,23)(H2,19,21,22);1H. The van der Waals surface area contributed by atoms with Crippen molar-refractivity contribution in [3.63, 3.8) is 0 Å². The van der Waals surface area contributed by atoms with E-state index in [9.17, 15) is 9.18 Å². The Morgan fingerprint density at radius 3 is 2.54 bits per heavy atom. The van der Waals surface area contributed by atoms with Gasteiger partial charge in [0.2, 0.25) is 5.91 Å². The van der Waals surface area contributed by atoms with Crippen molar-refractivity contribution in [2.75, 3.05) is 19.6 Å². The Morgan fingerprint density at radius 1 is 1.17 bits per heavy atom. The average molecular weight is 450 g/mol. The topological polar surface area (TPSA) is 65.5 Å². The van der Waals surface area contributed by atoms with Crippen molar-refractivity contribution in [1.82, 2.24) is 16.0 Å². The molecule has 5 nitrogen and oxygen atoms in total. The summed E-state index contributed by atoms with van der Waals surface area (Å²) in [5.74, 6) is 0.427. The first-order valence-corrected chi connectivity index (χ1v) is 8.10. The SMILES string of the molecule is CCCNC(=O)CCNC(=NCc1ccc(C)c(F)c1)NCC.I. The first-order chi connectivity index (χ1) is 11.1. The average Bonchev–Trinajstić information content (AvgIpc) is 2.53. The van der Waals surface area contributed by atoms with Gasteiger partial charge in [0.05, 0.1) is 6.54 Å². The van der Waals surface area contributed by atoms with Crippen LogP contribution in [0.3, 0.4) is 0 Å². The summed E-state index contributed by atoms with van der Waals surface area (Å²) < 4.78 is 13.5. The molecule has 0 heterocycles. The molecule has 0 aromatic heterocycles. The molecule has 0 aliphatic carbocycles. The molecule has 0 aliphatic heterocycles. The van der Waals surface area contributed by atoms with Crippen molar-refractivity contribution >= 4 is 35.8 Å². The van der Waals surface area contributed by atoms with E-state index in [0.29, 0.717) is 37.6 Å². The highest BCUT2D eigenvalue weighted by Crippen LogP contribution is 2.09. The second-order valence-corrected chi connectivity index (χ2v) is 5.31. The molecule has 0 saturated carbocycles. The van der Waals surface area contributed by atoms with Crippen LogP contribution in [-0.4, -0.2) is 31.5 Å². The molecular formula is C17H28FIN4O. The first kappa shape index (κ1) is 22.6. The van der Waals surface area contributed by atoms with Crippen LogP contribution in [0.1, 0.15) is 37.8 Å². The first-order valence-electron chi connectivity index (χ1n) is 8.10. The van der Waals surface area contributed by atoms with E-state index in [-0.39, 0.29) is 35.7 Å². The largest absolute Gasteiger partial charge is 0.357 e. The quantitative estimate of drug-likeness (QED) is 0.324. The summed E-state index contributed by atoms with van der Waals surface area (Å²) in [5, 5.41) is 9.04. The predicted molar refractivity (Wildman–Crippen MR) is 107 cm³/mol. The van der Waals surface area contributed by atoms with Gasteiger partial charge in [-0.3, -0.25) is 4.79 Å². The highest BCUT2D eigenvalue weighted by molar-refractivity contribution is 14.0. The lowest BCUT2D eigenvalue weighted by atomic mass is 10.1. The van der Waals surface area contributed by atoms with Crippen LogP contribution in [0.4, 0.5) is 4.39 Å². The predicted octanol–water partition coefficient (Wildman–Crippen LogP) is 2.72. The Hall–Kier alpha value is -1.38. The third kappa shape index (κ3) is 9.05. The number of aryl methyl sites for hydroxylation is 1. The minimum Gasteiger partial charge on any atom is -0.357 e. The molecule has 136 valence electrons. The molecule has 24 heavy (non-hydrogen) atoms. The molecule has 0 unspecified atom stereocenters. The second kappa shape index (κ2) is 13.0. The highest BCUT2D eigenvalue weighted by Gasteiger charge is 2.03. The van der Waals surface area contributed by atoms with Gasteiger partial charge in [0.25, 0.3) is 0 Å². The van der Waals surface area contributed by atoms with Crippen LogP contribution >= 0.6 is 24.0 Å². The molecule has 0 fully saturated rings. The van der Waals surface area contributed by atoms with Crippen LogP contribution in [0.5, 0.6) is 0 Å². The second-order valence-electron chi connectivity index (χ2n) is 5.31. The molecule has 0 atom stereocenters. The van der Waals surface area contributed by atoms with Gasteiger partial charge in [0.15, 0.2) is 5.96 Å².